The minimum absolute atomic E-state index is 0.367. The zero-order valence-corrected chi connectivity index (χ0v) is 11.8. The summed E-state index contributed by atoms with van der Waals surface area (Å²) in [5.41, 5.74) is 0.835. The van der Waals surface area contributed by atoms with Gasteiger partial charge in [0.15, 0.2) is 11.5 Å². The van der Waals surface area contributed by atoms with E-state index in [9.17, 15) is 0 Å². The van der Waals surface area contributed by atoms with E-state index in [-0.39, 0.29) is 0 Å². The van der Waals surface area contributed by atoms with Crippen molar-refractivity contribution in [2.75, 3.05) is 14.2 Å². The van der Waals surface area contributed by atoms with Crippen molar-refractivity contribution >= 4 is 0 Å². The lowest BCUT2D eigenvalue weighted by molar-refractivity contribution is 0.348. The minimum Gasteiger partial charge on any atom is -0.493 e. The maximum Gasteiger partial charge on any atom is 0.184 e. The molecule has 102 valence electrons. The second kappa shape index (κ2) is 5.73. The Morgan fingerprint density at radius 3 is 2.58 bits per heavy atom. The van der Waals surface area contributed by atoms with Crippen molar-refractivity contribution in [1.82, 2.24) is 14.5 Å². The largest absolute Gasteiger partial charge is 0.493 e. The van der Waals surface area contributed by atoms with Gasteiger partial charge in [0.25, 0.3) is 0 Å². The Hall–Kier alpha value is -2.04. The molecule has 0 bridgehead atoms. The number of ether oxygens (including phenoxy) is 2. The molecule has 2 rings (SSSR count). The molecule has 0 spiro atoms. The molecular weight excluding hydrogens is 242 g/mol. The summed E-state index contributed by atoms with van der Waals surface area (Å²) in [6, 6.07) is 1.79. The highest BCUT2D eigenvalue weighted by atomic mass is 16.5. The molecule has 0 aromatic carbocycles. The van der Waals surface area contributed by atoms with Gasteiger partial charge in [-0.1, -0.05) is 13.8 Å². The van der Waals surface area contributed by atoms with Gasteiger partial charge < -0.3 is 14.0 Å². The molecule has 5 heteroatoms. The summed E-state index contributed by atoms with van der Waals surface area (Å²) in [4.78, 5) is 8.75. The van der Waals surface area contributed by atoms with Crippen LogP contribution in [0.4, 0.5) is 0 Å². The zero-order chi connectivity index (χ0) is 13.8. The van der Waals surface area contributed by atoms with Gasteiger partial charge in [0, 0.05) is 30.6 Å². The average Bonchev–Trinajstić information content (AvgIpc) is 2.86. The van der Waals surface area contributed by atoms with E-state index in [0.29, 0.717) is 24.0 Å². The number of rotatable bonds is 5. The molecule has 0 amide bonds. The predicted molar refractivity (Wildman–Crippen MR) is 72.8 cm³/mol. The molecule has 0 unspecified atom stereocenters. The summed E-state index contributed by atoms with van der Waals surface area (Å²) in [6.45, 7) is 4.86. The number of imidazole rings is 1. The number of aromatic nitrogens is 3. The van der Waals surface area contributed by atoms with E-state index < -0.39 is 0 Å². The molecule has 5 nitrogen and oxygen atoms in total. The van der Waals surface area contributed by atoms with E-state index in [2.05, 4.69) is 28.4 Å². The maximum absolute atomic E-state index is 5.40. The first-order valence-electron chi connectivity index (χ1n) is 6.24. The molecule has 0 N–H and O–H groups in total. The van der Waals surface area contributed by atoms with Gasteiger partial charge in [0.1, 0.15) is 11.5 Å². The highest BCUT2D eigenvalue weighted by Gasteiger charge is 2.14. The van der Waals surface area contributed by atoms with Gasteiger partial charge in [0.05, 0.1) is 20.8 Å². The second-order valence-electron chi connectivity index (χ2n) is 4.56. The molecule has 19 heavy (non-hydrogen) atoms. The molecule has 0 aliphatic rings. The van der Waals surface area contributed by atoms with Crippen molar-refractivity contribution in [3.05, 3.63) is 36.2 Å². The second-order valence-corrected chi connectivity index (χ2v) is 4.56. The molecule has 2 aromatic rings. The Balaban J connectivity index is 2.35. The summed E-state index contributed by atoms with van der Waals surface area (Å²) in [5.74, 6) is 2.77. The van der Waals surface area contributed by atoms with Gasteiger partial charge in [-0.2, -0.15) is 0 Å². The van der Waals surface area contributed by atoms with Crippen LogP contribution in [0.3, 0.4) is 0 Å². The SMILES string of the molecule is COc1ccnc(Cn2ccnc2C(C)C)c1OC. The summed E-state index contributed by atoms with van der Waals surface area (Å²) >= 11 is 0. The highest BCUT2D eigenvalue weighted by Crippen LogP contribution is 2.29. The van der Waals surface area contributed by atoms with Crippen molar-refractivity contribution in [3.8, 4) is 11.5 Å². The minimum atomic E-state index is 0.367. The van der Waals surface area contributed by atoms with Crippen molar-refractivity contribution in [2.24, 2.45) is 0 Å². The molecule has 0 saturated heterocycles. The lowest BCUT2D eigenvalue weighted by Crippen LogP contribution is -2.08. The predicted octanol–water partition coefficient (Wildman–Crippen LogP) is 2.47. The Bertz CT molecular complexity index is 549. The summed E-state index contributed by atoms with van der Waals surface area (Å²) < 4.78 is 12.8. The Morgan fingerprint density at radius 2 is 1.95 bits per heavy atom. The topological polar surface area (TPSA) is 49.2 Å². The standard InChI is InChI=1S/C14H19N3O2/c1-10(2)14-16-7-8-17(14)9-11-13(19-4)12(18-3)5-6-15-11/h5-8,10H,9H2,1-4H3. The van der Waals surface area contributed by atoms with Crippen LogP contribution in [0.15, 0.2) is 24.7 Å². The molecule has 2 heterocycles. The molecule has 0 fully saturated rings. The number of pyridine rings is 1. The monoisotopic (exact) mass is 261 g/mol. The fourth-order valence-corrected chi connectivity index (χ4v) is 2.08. The van der Waals surface area contributed by atoms with Crippen LogP contribution < -0.4 is 9.47 Å². The number of nitrogens with zero attached hydrogens (tertiary/aromatic N) is 3. The third-order valence-corrected chi connectivity index (χ3v) is 2.95. The normalized spacial score (nSPS) is 10.8. The molecule has 0 saturated carbocycles. The van der Waals surface area contributed by atoms with Gasteiger partial charge in [-0.25, -0.2) is 4.98 Å². The number of hydrogen-bond donors (Lipinski definition) is 0. The van der Waals surface area contributed by atoms with Crippen LogP contribution in [-0.4, -0.2) is 28.8 Å². The molecule has 0 atom stereocenters. The van der Waals surface area contributed by atoms with Crippen molar-refractivity contribution in [1.29, 1.82) is 0 Å². The summed E-state index contributed by atoms with van der Waals surface area (Å²) in [5, 5.41) is 0. The maximum atomic E-state index is 5.40. The van der Waals surface area contributed by atoms with E-state index in [1.165, 1.54) is 0 Å². The van der Waals surface area contributed by atoms with Crippen molar-refractivity contribution in [2.45, 2.75) is 26.3 Å². The van der Waals surface area contributed by atoms with E-state index in [1.807, 2.05) is 12.4 Å². The highest BCUT2D eigenvalue weighted by molar-refractivity contribution is 5.42. The number of hydrogen-bond acceptors (Lipinski definition) is 4. The third kappa shape index (κ3) is 2.70. The van der Waals surface area contributed by atoms with Crippen LogP contribution in [0.1, 0.15) is 31.3 Å². The first kappa shape index (κ1) is 13.4. The average molecular weight is 261 g/mol. The van der Waals surface area contributed by atoms with Crippen LogP contribution in [-0.2, 0) is 6.54 Å². The van der Waals surface area contributed by atoms with E-state index in [4.69, 9.17) is 9.47 Å². The lowest BCUT2D eigenvalue weighted by atomic mass is 10.2. The van der Waals surface area contributed by atoms with E-state index in [1.54, 1.807) is 26.5 Å². The molecular formula is C14H19N3O2. The van der Waals surface area contributed by atoms with Gasteiger partial charge in [-0.3, -0.25) is 4.98 Å². The molecule has 0 radical (unpaired) electrons. The van der Waals surface area contributed by atoms with Crippen LogP contribution >= 0.6 is 0 Å². The Labute approximate surface area is 113 Å². The lowest BCUT2D eigenvalue weighted by Gasteiger charge is -2.14. The van der Waals surface area contributed by atoms with Crippen LogP contribution in [0, 0.1) is 0 Å². The van der Waals surface area contributed by atoms with Crippen LogP contribution in [0.25, 0.3) is 0 Å². The summed E-state index contributed by atoms with van der Waals surface area (Å²) in [7, 11) is 3.25. The van der Waals surface area contributed by atoms with Gasteiger partial charge >= 0.3 is 0 Å². The van der Waals surface area contributed by atoms with Crippen molar-refractivity contribution in [3.63, 3.8) is 0 Å². The third-order valence-electron chi connectivity index (χ3n) is 2.95. The van der Waals surface area contributed by atoms with Crippen molar-refractivity contribution < 1.29 is 9.47 Å². The fraction of sp³-hybridized carbons (Fsp3) is 0.429. The molecule has 2 aromatic heterocycles. The Kier molecular flexibility index (Phi) is 4.04. The first-order valence-corrected chi connectivity index (χ1v) is 6.24. The van der Waals surface area contributed by atoms with Gasteiger partial charge in [0.2, 0.25) is 0 Å². The quantitative estimate of drug-likeness (QED) is 0.829. The van der Waals surface area contributed by atoms with Crippen LogP contribution in [0.2, 0.25) is 0 Å². The first-order chi connectivity index (χ1) is 9.17. The fourth-order valence-electron chi connectivity index (χ4n) is 2.08. The van der Waals surface area contributed by atoms with Gasteiger partial charge in [-0.05, 0) is 0 Å². The number of methoxy groups -OCH3 is 2. The Morgan fingerprint density at radius 1 is 1.16 bits per heavy atom. The van der Waals surface area contributed by atoms with Crippen LogP contribution in [0.5, 0.6) is 11.5 Å². The van der Waals surface area contributed by atoms with E-state index >= 15 is 0 Å². The van der Waals surface area contributed by atoms with Gasteiger partial charge in [-0.15, -0.1) is 0 Å². The smallest absolute Gasteiger partial charge is 0.184 e. The zero-order valence-electron chi connectivity index (χ0n) is 11.8. The summed E-state index contributed by atoms with van der Waals surface area (Å²) in [6.07, 6.45) is 5.49. The van der Waals surface area contributed by atoms with E-state index in [0.717, 1.165) is 11.5 Å². The molecule has 0 aliphatic heterocycles. The molecule has 0 aliphatic carbocycles.